The molecule has 0 atom stereocenters. The first-order valence-electron chi connectivity index (χ1n) is 6.33. The summed E-state index contributed by atoms with van der Waals surface area (Å²) in [7, 11) is 0. The third kappa shape index (κ3) is 20000. The lowest BCUT2D eigenvalue weighted by Crippen LogP contribution is -1.27. The Morgan fingerprint density at radius 3 is 0.500 bits per heavy atom. The second-order valence-electron chi connectivity index (χ2n) is 1.41. The molecule has 0 rings (SSSR count). The van der Waals surface area contributed by atoms with Gasteiger partial charge in [-0.3, -0.25) is 0 Å². The van der Waals surface area contributed by atoms with E-state index < -0.39 is 0 Å². The van der Waals surface area contributed by atoms with Crippen LogP contribution in [0.3, 0.4) is 0 Å². The largest absolute Gasteiger partial charge is 0.106 e. The van der Waals surface area contributed by atoms with E-state index in [1.807, 2.05) is 41.5 Å². The van der Waals surface area contributed by atoms with E-state index in [0.29, 0.717) is 0 Å². The Morgan fingerprint density at radius 1 is 0.500 bits per heavy atom. The molecule has 0 aliphatic carbocycles. The topological polar surface area (TPSA) is 0 Å². The average Bonchev–Trinajstić information content (AvgIpc) is 2.31. The predicted molar refractivity (Wildman–Crippen MR) is 77.2 cm³/mol. The Hall–Kier alpha value is -0.260. The van der Waals surface area contributed by atoms with Crippen LogP contribution in [0.15, 0.2) is 13.2 Å². The molecule has 0 aliphatic heterocycles. The van der Waals surface area contributed by atoms with Crippen molar-refractivity contribution >= 4 is 0 Å². The molecule has 0 saturated carbocycles. The highest BCUT2D eigenvalue weighted by molar-refractivity contribution is 4.22. The number of rotatable bonds is 0. The Morgan fingerprint density at radius 2 is 0.500 bits per heavy atom. The number of hydrogen-bond donors (Lipinski definition) is 0. The van der Waals surface area contributed by atoms with Crippen molar-refractivity contribution in [3.05, 3.63) is 13.2 Å². The van der Waals surface area contributed by atoms with Crippen LogP contribution in [-0.2, 0) is 0 Å². The summed E-state index contributed by atoms with van der Waals surface area (Å²) in [5.41, 5.74) is 0. The van der Waals surface area contributed by atoms with Gasteiger partial charge in [-0.05, 0) is 0 Å². The van der Waals surface area contributed by atoms with Crippen molar-refractivity contribution in [2.45, 2.75) is 82.1 Å². The van der Waals surface area contributed by atoms with Crippen LogP contribution >= 0.6 is 0 Å². The quantitative estimate of drug-likeness (QED) is 0.386. The summed E-state index contributed by atoms with van der Waals surface area (Å²) in [5, 5.41) is 0. The Bertz CT molecular complexity index is 7.51. The zero-order valence-corrected chi connectivity index (χ0v) is 12.8. The zero-order valence-electron chi connectivity index (χ0n) is 12.8. The molecule has 0 spiro atoms. The van der Waals surface area contributed by atoms with Crippen molar-refractivity contribution in [2.24, 2.45) is 0 Å². The molecule has 0 nitrogen and oxygen atoms in total. The summed E-state index contributed by atoms with van der Waals surface area (Å²) in [5.74, 6) is 0. The first-order valence-corrected chi connectivity index (χ1v) is 6.33. The maximum absolute atomic E-state index is 3.00. The maximum atomic E-state index is 3.00. The lowest BCUT2D eigenvalue weighted by atomic mass is 10.6. The highest BCUT2D eigenvalue weighted by atomic mass is 13.4. The van der Waals surface area contributed by atoms with Gasteiger partial charge >= 0.3 is 0 Å². The molecule has 0 amide bonds. The highest BCUT2D eigenvalue weighted by Gasteiger charge is 1.36. The summed E-state index contributed by atoms with van der Waals surface area (Å²) in [6.45, 7) is 26.5. The van der Waals surface area contributed by atoms with Gasteiger partial charge in [-0.1, -0.05) is 82.1 Å². The van der Waals surface area contributed by atoms with Gasteiger partial charge in [0.05, 0.1) is 0 Å². The third-order valence-electron chi connectivity index (χ3n) is 0. The lowest BCUT2D eigenvalue weighted by molar-refractivity contribution is 1.09. The van der Waals surface area contributed by atoms with Gasteiger partial charge in [0.25, 0.3) is 0 Å². The minimum Gasteiger partial charge on any atom is -0.106 e. The van der Waals surface area contributed by atoms with Crippen molar-refractivity contribution < 1.29 is 0 Å². The molecule has 0 unspecified atom stereocenters. The average molecular weight is 206 g/mol. The Balaban J connectivity index is -0.0000000139. The van der Waals surface area contributed by atoms with E-state index in [1.54, 1.807) is 0 Å². The van der Waals surface area contributed by atoms with Crippen LogP contribution in [0.4, 0.5) is 0 Å². The smallest absolute Gasteiger partial charge is 0.0590 e. The minimum atomic E-state index is 1.25. The molecule has 0 aromatic rings. The molecule has 0 aromatic carbocycles. The van der Waals surface area contributed by atoms with Crippen LogP contribution in [0.1, 0.15) is 82.1 Å². The van der Waals surface area contributed by atoms with E-state index in [1.165, 1.54) is 12.8 Å². The predicted octanol–water partition coefficient (Wildman–Crippen LogP) is 6.71. The first-order chi connectivity index (χ1) is 6.83. The highest BCUT2D eigenvalue weighted by Crippen LogP contribution is 1.56. The Kier molecular flexibility index (Phi) is 1540. The monoisotopic (exact) mass is 206 g/mol. The fourth-order valence-corrected chi connectivity index (χ4v) is 0. The van der Waals surface area contributed by atoms with Crippen LogP contribution in [0.25, 0.3) is 0 Å². The molecular formula is C14H38. The molecule has 0 heterocycles. The standard InChI is InChI=1S/2C3H8.3C2H6.C2H4/c2*1-3-2;4*1-2/h2*3H2,1-2H3;3*1-2H3;1-2H2. The second kappa shape index (κ2) is 580. The molecule has 14 heavy (non-hydrogen) atoms. The summed E-state index contributed by atoms with van der Waals surface area (Å²) in [6, 6.07) is 0. The molecule has 0 heteroatoms. The SMILES string of the molecule is C=C.CC.CC.CC.CCC.CCC. The first kappa shape index (κ1) is 37.2. The fourth-order valence-electron chi connectivity index (χ4n) is 0. The van der Waals surface area contributed by atoms with Crippen LogP contribution in [0, 0.1) is 0 Å². The van der Waals surface area contributed by atoms with Gasteiger partial charge in [0.1, 0.15) is 0 Å². The summed E-state index contributed by atoms with van der Waals surface area (Å²) in [4.78, 5) is 0. The summed E-state index contributed by atoms with van der Waals surface area (Å²) >= 11 is 0. The molecule has 0 aromatic heterocycles. The van der Waals surface area contributed by atoms with E-state index >= 15 is 0 Å². The minimum absolute atomic E-state index is 1.25. The van der Waals surface area contributed by atoms with Crippen molar-refractivity contribution in [3.63, 3.8) is 0 Å². The normalized spacial score (nSPS) is 4.14. The van der Waals surface area contributed by atoms with Gasteiger partial charge < -0.3 is 0 Å². The molecule has 94 valence electrons. The van der Waals surface area contributed by atoms with Crippen molar-refractivity contribution in [1.29, 1.82) is 0 Å². The van der Waals surface area contributed by atoms with Crippen LogP contribution in [-0.4, -0.2) is 0 Å². The summed E-state index contributed by atoms with van der Waals surface area (Å²) < 4.78 is 0. The molecule has 0 aliphatic rings. The van der Waals surface area contributed by atoms with Crippen LogP contribution < -0.4 is 0 Å². The zero-order chi connectivity index (χ0) is 13.4. The van der Waals surface area contributed by atoms with E-state index in [-0.39, 0.29) is 0 Å². The van der Waals surface area contributed by atoms with Crippen molar-refractivity contribution in [1.82, 2.24) is 0 Å². The van der Waals surface area contributed by atoms with Gasteiger partial charge in [0.2, 0.25) is 0 Å². The molecule has 0 bridgehead atoms. The molecule has 0 N–H and O–H groups in total. The van der Waals surface area contributed by atoms with Gasteiger partial charge in [-0.2, -0.15) is 0 Å². The van der Waals surface area contributed by atoms with Gasteiger partial charge in [-0.25, -0.2) is 0 Å². The maximum Gasteiger partial charge on any atom is -0.0590 e. The van der Waals surface area contributed by atoms with E-state index in [0.717, 1.165) is 0 Å². The van der Waals surface area contributed by atoms with Gasteiger partial charge in [0, 0.05) is 0 Å². The summed E-state index contributed by atoms with van der Waals surface area (Å²) in [6.07, 6.45) is 2.50. The van der Waals surface area contributed by atoms with Crippen molar-refractivity contribution in [2.75, 3.05) is 0 Å². The van der Waals surface area contributed by atoms with Crippen LogP contribution in [0.5, 0.6) is 0 Å². The van der Waals surface area contributed by atoms with E-state index in [9.17, 15) is 0 Å². The molecule has 0 fully saturated rings. The van der Waals surface area contributed by atoms with Gasteiger partial charge in [-0.15, -0.1) is 13.2 Å². The molecule has 0 radical (unpaired) electrons. The van der Waals surface area contributed by atoms with Gasteiger partial charge in [0.15, 0.2) is 0 Å². The van der Waals surface area contributed by atoms with E-state index in [2.05, 4.69) is 40.9 Å². The number of hydrogen-bond acceptors (Lipinski definition) is 0. The van der Waals surface area contributed by atoms with E-state index in [4.69, 9.17) is 0 Å². The Labute approximate surface area is 95.8 Å². The van der Waals surface area contributed by atoms with Crippen LogP contribution in [0.2, 0.25) is 0 Å². The second-order valence-corrected chi connectivity index (χ2v) is 1.41. The third-order valence-corrected chi connectivity index (χ3v) is 0. The van der Waals surface area contributed by atoms with Crippen molar-refractivity contribution in [3.8, 4) is 0 Å². The fraction of sp³-hybridized carbons (Fsp3) is 0.857. The molecular weight excluding hydrogens is 168 g/mol. The lowest BCUT2D eigenvalue weighted by Gasteiger charge is -1.48. The molecule has 0 saturated heterocycles.